The van der Waals surface area contributed by atoms with Gasteiger partial charge in [0.15, 0.2) is 11.5 Å². The summed E-state index contributed by atoms with van der Waals surface area (Å²) in [6.45, 7) is 3.43. The van der Waals surface area contributed by atoms with Crippen LogP contribution in [0, 0.1) is 0 Å². The van der Waals surface area contributed by atoms with E-state index in [0.29, 0.717) is 45.8 Å². The first kappa shape index (κ1) is 16.2. The molecule has 0 aliphatic carbocycles. The van der Waals surface area contributed by atoms with Gasteiger partial charge in [0.25, 0.3) is 0 Å². The molecule has 4 rings (SSSR count). The van der Waals surface area contributed by atoms with Gasteiger partial charge in [-0.25, -0.2) is 0 Å². The second-order valence-electron chi connectivity index (χ2n) is 5.95. The fraction of sp³-hybridized carbons (Fsp3) is 0.200. The first-order valence-corrected chi connectivity index (χ1v) is 8.23. The van der Waals surface area contributed by atoms with E-state index in [9.17, 15) is 9.59 Å². The van der Waals surface area contributed by atoms with E-state index >= 15 is 0 Å². The number of hydrogen-bond donors (Lipinski definition) is 0. The van der Waals surface area contributed by atoms with Crippen molar-refractivity contribution in [1.29, 1.82) is 0 Å². The lowest BCUT2D eigenvalue weighted by Gasteiger charge is -2.10. The zero-order valence-electron chi connectivity index (χ0n) is 14.3. The number of hydrogen-bond acceptors (Lipinski definition) is 6. The van der Waals surface area contributed by atoms with Crippen LogP contribution in [0.4, 0.5) is 0 Å². The summed E-state index contributed by atoms with van der Waals surface area (Å²) < 4.78 is 21.5. The van der Waals surface area contributed by atoms with Gasteiger partial charge in [-0.15, -0.1) is 0 Å². The maximum absolute atomic E-state index is 13.0. The predicted octanol–water partition coefficient (Wildman–Crippen LogP) is 3.68. The van der Waals surface area contributed by atoms with Gasteiger partial charge in [0, 0.05) is 13.0 Å². The van der Waals surface area contributed by atoms with E-state index in [-0.39, 0.29) is 12.2 Å². The number of carbonyl (C=O) groups is 1. The van der Waals surface area contributed by atoms with Crippen molar-refractivity contribution in [3.8, 4) is 28.4 Å². The highest BCUT2D eigenvalue weighted by Gasteiger charge is 2.17. The summed E-state index contributed by atoms with van der Waals surface area (Å²) in [7, 11) is 0. The topological polar surface area (TPSA) is 75.0 Å². The van der Waals surface area contributed by atoms with Crippen LogP contribution in [0.15, 0.2) is 45.8 Å². The highest BCUT2D eigenvalue weighted by Crippen LogP contribution is 2.36. The average molecular weight is 352 g/mol. The minimum absolute atomic E-state index is 0.158. The Labute approximate surface area is 148 Å². The van der Waals surface area contributed by atoms with E-state index in [2.05, 4.69) is 0 Å². The maximum atomic E-state index is 13.0. The van der Waals surface area contributed by atoms with Gasteiger partial charge in [0.05, 0.1) is 10.9 Å². The Hall–Kier alpha value is -3.28. The molecule has 0 spiro atoms. The first-order valence-electron chi connectivity index (χ1n) is 8.23. The molecule has 26 heavy (non-hydrogen) atoms. The van der Waals surface area contributed by atoms with E-state index in [1.165, 1.54) is 13.2 Å². The number of aryl methyl sites for hydroxylation is 1. The molecule has 0 unspecified atom stereocenters. The third kappa shape index (κ3) is 2.69. The van der Waals surface area contributed by atoms with Crippen molar-refractivity contribution >= 4 is 16.9 Å². The van der Waals surface area contributed by atoms with Crippen LogP contribution in [-0.4, -0.2) is 12.8 Å². The number of carbonyl (C=O) groups excluding carboxylic acids is 1. The lowest BCUT2D eigenvalue weighted by molar-refractivity contribution is -0.131. The van der Waals surface area contributed by atoms with Crippen LogP contribution in [0.5, 0.6) is 17.2 Å². The summed E-state index contributed by atoms with van der Waals surface area (Å²) in [6, 6.07) is 8.62. The fourth-order valence-electron chi connectivity index (χ4n) is 2.99. The molecule has 0 saturated carbocycles. The number of rotatable bonds is 3. The summed E-state index contributed by atoms with van der Waals surface area (Å²) in [4.78, 5) is 24.3. The summed E-state index contributed by atoms with van der Waals surface area (Å²) >= 11 is 0. The van der Waals surface area contributed by atoms with E-state index < -0.39 is 5.97 Å². The molecular formula is C20H16O6. The SMILES string of the molecule is CCc1cc2c(=O)c(-c3ccc4c(c3)OCO4)coc2cc1OC(C)=O. The largest absolute Gasteiger partial charge is 0.463 e. The Bertz CT molecular complexity index is 1080. The first-order chi connectivity index (χ1) is 12.6. The standard InChI is InChI=1S/C20H16O6/c1-3-12-6-14-18(8-17(12)26-11(2)21)23-9-15(20(14)22)13-4-5-16-19(7-13)25-10-24-16/h4-9H,3,10H2,1-2H3. The van der Waals surface area contributed by atoms with Crippen LogP contribution in [0.25, 0.3) is 22.1 Å². The lowest BCUT2D eigenvalue weighted by atomic mass is 10.0. The van der Waals surface area contributed by atoms with Crippen molar-refractivity contribution in [2.75, 3.05) is 6.79 Å². The molecule has 6 nitrogen and oxygen atoms in total. The summed E-state index contributed by atoms with van der Waals surface area (Å²) in [6.07, 6.45) is 2.03. The van der Waals surface area contributed by atoms with Crippen LogP contribution in [0.2, 0.25) is 0 Å². The third-order valence-corrected chi connectivity index (χ3v) is 4.27. The Kier molecular flexibility index (Phi) is 3.88. The Morgan fingerprint density at radius 2 is 1.96 bits per heavy atom. The minimum Gasteiger partial charge on any atom is -0.463 e. The smallest absolute Gasteiger partial charge is 0.308 e. The minimum atomic E-state index is -0.418. The van der Waals surface area contributed by atoms with E-state index in [1.54, 1.807) is 30.3 Å². The molecule has 132 valence electrons. The third-order valence-electron chi connectivity index (χ3n) is 4.27. The number of ether oxygens (including phenoxy) is 3. The van der Waals surface area contributed by atoms with E-state index in [1.807, 2.05) is 6.92 Å². The molecule has 1 aromatic heterocycles. The summed E-state index contributed by atoms with van der Waals surface area (Å²) in [5.74, 6) is 1.24. The van der Waals surface area contributed by atoms with Gasteiger partial charge in [0.2, 0.25) is 12.2 Å². The van der Waals surface area contributed by atoms with Crippen LogP contribution >= 0.6 is 0 Å². The van der Waals surface area contributed by atoms with Gasteiger partial charge in [-0.2, -0.15) is 0 Å². The molecule has 3 aromatic rings. The molecule has 0 radical (unpaired) electrons. The van der Waals surface area contributed by atoms with Gasteiger partial charge in [-0.3, -0.25) is 9.59 Å². The van der Waals surface area contributed by atoms with Crippen molar-refractivity contribution in [2.24, 2.45) is 0 Å². The predicted molar refractivity (Wildman–Crippen MR) is 94.7 cm³/mol. The lowest BCUT2D eigenvalue weighted by Crippen LogP contribution is -2.08. The zero-order valence-corrected chi connectivity index (χ0v) is 14.3. The highest BCUT2D eigenvalue weighted by molar-refractivity contribution is 5.85. The molecule has 0 fully saturated rings. The molecule has 0 bridgehead atoms. The van der Waals surface area contributed by atoms with Crippen LogP contribution in [0.3, 0.4) is 0 Å². The zero-order chi connectivity index (χ0) is 18.3. The molecule has 0 atom stereocenters. The molecule has 0 N–H and O–H groups in total. The Morgan fingerprint density at radius 3 is 2.73 bits per heavy atom. The summed E-state index contributed by atoms with van der Waals surface area (Å²) in [5, 5.41) is 0.438. The van der Waals surface area contributed by atoms with Gasteiger partial charge in [-0.05, 0) is 35.7 Å². The molecule has 1 aliphatic rings. The van der Waals surface area contributed by atoms with Crippen LogP contribution < -0.4 is 19.6 Å². The number of fused-ring (bicyclic) bond motifs is 2. The number of esters is 1. The Morgan fingerprint density at radius 1 is 1.15 bits per heavy atom. The maximum Gasteiger partial charge on any atom is 0.308 e. The molecule has 2 aromatic carbocycles. The quantitative estimate of drug-likeness (QED) is 0.529. The molecule has 2 heterocycles. The average Bonchev–Trinajstić information content (AvgIpc) is 3.09. The van der Waals surface area contributed by atoms with Crippen molar-refractivity contribution < 1.29 is 23.4 Å². The van der Waals surface area contributed by atoms with Gasteiger partial charge in [0.1, 0.15) is 17.6 Å². The van der Waals surface area contributed by atoms with E-state index in [4.69, 9.17) is 18.6 Å². The number of benzene rings is 2. The molecule has 0 amide bonds. The highest BCUT2D eigenvalue weighted by atomic mass is 16.7. The van der Waals surface area contributed by atoms with Crippen molar-refractivity contribution in [3.05, 3.63) is 52.4 Å². The second-order valence-corrected chi connectivity index (χ2v) is 5.95. The molecule has 1 aliphatic heterocycles. The fourth-order valence-corrected chi connectivity index (χ4v) is 2.99. The monoisotopic (exact) mass is 352 g/mol. The van der Waals surface area contributed by atoms with Crippen molar-refractivity contribution in [3.63, 3.8) is 0 Å². The van der Waals surface area contributed by atoms with Gasteiger partial charge >= 0.3 is 5.97 Å². The van der Waals surface area contributed by atoms with Crippen molar-refractivity contribution in [1.82, 2.24) is 0 Å². The molecule has 0 saturated heterocycles. The normalized spacial score (nSPS) is 12.4. The van der Waals surface area contributed by atoms with Crippen molar-refractivity contribution in [2.45, 2.75) is 20.3 Å². The molecular weight excluding hydrogens is 336 g/mol. The van der Waals surface area contributed by atoms with Gasteiger partial charge < -0.3 is 18.6 Å². The van der Waals surface area contributed by atoms with Gasteiger partial charge in [-0.1, -0.05) is 13.0 Å². The molecule has 6 heteroatoms. The second kappa shape index (κ2) is 6.22. The summed E-state index contributed by atoms with van der Waals surface area (Å²) in [5.41, 5.74) is 2.09. The van der Waals surface area contributed by atoms with Crippen LogP contribution in [-0.2, 0) is 11.2 Å². The van der Waals surface area contributed by atoms with E-state index in [0.717, 1.165) is 5.56 Å². The van der Waals surface area contributed by atoms with Crippen LogP contribution in [0.1, 0.15) is 19.4 Å². The Balaban J connectivity index is 1.87.